The largest absolute Gasteiger partial charge is 0.444 e. The molecule has 0 aliphatic carbocycles. The molecule has 37 heavy (non-hydrogen) atoms. The molecule has 0 aromatic heterocycles. The number of hydrogen-bond donors (Lipinski definition) is 2. The van der Waals surface area contributed by atoms with Crippen LogP contribution in [0.1, 0.15) is 49.5 Å². The van der Waals surface area contributed by atoms with Crippen LogP contribution < -0.4 is 10.0 Å². The Balaban J connectivity index is 1.51. The van der Waals surface area contributed by atoms with Crippen molar-refractivity contribution in [1.82, 2.24) is 9.62 Å². The number of amides is 2. The third-order valence-corrected chi connectivity index (χ3v) is 7.86. The average molecular weight is 524 g/mol. The van der Waals surface area contributed by atoms with E-state index in [1.165, 1.54) is 0 Å². The predicted octanol–water partition coefficient (Wildman–Crippen LogP) is 5.08. The lowest BCUT2D eigenvalue weighted by Crippen LogP contribution is -2.47. The quantitative estimate of drug-likeness (QED) is 0.485. The van der Waals surface area contributed by atoms with Gasteiger partial charge in [0.1, 0.15) is 5.60 Å². The van der Waals surface area contributed by atoms with Crippen LogP contribution in [0.5, 0.6) is 0 Å². The van der Waals surface area contributed by atoms with Crippen molar-refractivity contribution in [2.24, 2.45) is 0 Å². The molecular formula is C28H33N3O5S. The number of carbonyl (C=O) groups is 2. The highest BCUT2D eigenvalue weighted by Gasteiger charge is 2.30. The molecule has 8 nitrogen and oxygen atoms in total. The van der Waals surface area contributed by atoms with Crippen LogP contribution in [0.2, 0.25) is 0 Å². The third kappa shape index (κ3) is 6.29. The number of piperidine rings is 1. The van der Waals surface area contributed by atoms with Gasteiger partial charge in [-0.15, -0.1) is 0 Å². The second kappa shape index (κ2) is 10.5. The van der Waals surface area contributed by atoms with Crippen LogP contribution in [-0.4, -0.2) is 50.1 Å². The fourth-order valence-corrected chi connectivity index (χ4v) is 5.96. The Labute approximate surface area is 218 Å². The lowest BCUT2D eigenvalue weighted by atomic mass is 10.1. The number of anilines is 1. The second-order valence-electron chi connectivity index (χ2n) is 10.3. The van der Waals surface area contributed by atoms with Gasteiger partial charge >= 0.3 is 6.09 Å². The molecule has 0 bridgehead atoms. The SMILES string of the molecule is Cc1ccccc1C(=O)Nc1cccc2c(S(=O)(=O)NC3CCN(C(=O)OC(C)(C)C)CC3)cccc12. The minimum Gasteiger partial charge on any atom is -0.444 e. The fourth-order valence-electron chi connectivity index (χ4n) is 4.43. The minimum atomic E-state index is -3.85. The zero-order chi connectivity index (χ0) is 26.8. The van der Waals surface area contributed by atoms with Crippen molar-refractivity contribution < 1.29 is 22.7 Å². The van der Waals surface area contributed by atoms with Gasteiger partial charge in [-0.05, 0) is 64.3 Å². The normalized spacial score (nSPS) is 15.0. The number of fused-ring (bicyclic) bond motifs is 1. The van der Waals surface area contributed by atoms with E-state index in [2.05, 4.69) is 10.0 Å². The maximum atomic E-state index is 13.4. The van der Waals surface area contributed by atoms with E-state index < -0.39 is 15.6 Å². The van der Waals surface area contributed by atoms with E-state index in [0.717, 1.165) is 5.56 Å². The maximum Gasteiger partial charge on any atom is 0.410 e. The number of nitrogens with one attached hydrogen (secondary N) is 2. The summed E-state index contributed by atoms with van der Waals surface area (Å²) in [4.78, 5) is 27.0. The predicted molar refractivity (Wildman–Crippen MR) is 144 cm³/mol. The van der Waals surface area contributed by atoms with E-state index in [1.807, 2.05) is 39.8 Å². The van der Waals surface area contributed by atoms with Crippen LogP contribution in [0.15, 0.2) is 65.6 Å². The van der Waals surface area contributed by atoms with Gasteiger partial charge in [-0.1, -0.05) is 42.5 Å². The van der Waals surface area contributed by atoms with E-state index in [9.17, 15) is 18.0 Å². The van der Waals surface area contributed by atoms with Crippen LogP contribution >= 0.6 is 0 Å². The summed E-state index contributed by atoms with van der Waals surface area (Å²) in [7, 11) is -3.85. The van der Waals surface area contributed by atoms with Gasteiger partial charge < -0.3 is 15.0 Å². The van der Waals surface area contributed by atoms with Gasteiger partial charge in [0, 0.05) is 41.2 Å². The van der Waals surface area contributed by atoms with Crippen molar-refractivity contribution in [2.45, 2.75) is 57.1 Å². The molecule has 0 atom stereocenters. The van der Waals surface area contributed by atoms with E-state index in [0.29, 0.717) is 48.0 Å². The van der Waals surface area contributed by atoms with E-state index >= 15 is 0 Å². The zero-order valence-electron chi connectivity index (χ0n) is 21.6. The standard InChI is InChI=1S/C28H33N3O5S/c1-19-9-5-6-10-21(19)26(32)29-24-13-7-12-23-22(24)11-8-14-25(23)37(34,35)30-20-15-17-31(18-16-20)27(33)36-28(2,3)4/h5-14,20,30H,15-18H2,1-4H3,(H,29,32). The highest BCUT2D eigenvalue weighted by atomic mass is 32.2. The van der Waals surface area contributed by atoms with Crippen molar-refractivity contribution in [1.29, 1.82) is 0 Å². The monoisotopic (exact) mass is 523 g/mol. The Kier molecular flexibility index (Phi) is 7.57. The van der Waals surface area contributed by atoms with Crippen LogP contribution in [0.4, 0.5) is 10.5 Å². The molecule has 196 valence electrons. The molecule has 3 aromatic carbocycles. The van der Waals surface area contributed by atoms with Crippen LogP contribution in [0.3, 0.4) is 0 Å². The van der Waals surface area contributed by atoms with Crippen molar-refractivity contribution in [3.05, 3.63) is 71.8 Å². The topological polar surface area (TPSA) is 105 Å². The Morgan fingerprint density at radius 3 is 2.24 bits per heavy atom. The summed E-state index contributed by atoms with van der Waals surface area (Å²) >= 11 is 0. The molecule has 1 saturated heterocycles. The number of aryl methyl sites for hydroxylation is 1. The van der Waals surface area contributed by atoms with Crippen molar-refractivity contribution in [3.8, 4) is 0 Å². The first-order valence-corrected chi connectivity index (χ1v) is 13.8. The molecule has 0 saturated carbocycles. The molecule has 1 heterocycles. The highest BCUT2D eigenvalue weighted by molar-refractivity contribution is 7.89. The molecule has 1 aliphatic rings. The number of benzene rings is 3. The summed E-state index contributed by atoms with van der Waals surface area (Å²) in [5.74, 6) is -0.256. The molecule has 0 unspecified atom stereocenters. The van der Waals surface area contributed by atoms with Gasteiger partial charge in [-0.3, -0.25) is 4.79 Å². The number of sulfonamides is 1. The molecule has 2 N–H and O–H groups in total. The van der Waals surface area contributed by atoms with Gasteiger partial charge in [0.05, 0.1) is 4.90 Å². The molecule has 4 rings (SSSR count). The number of rotatable bonds is 5. The Bertz CT molecular complexity index is 1420. The Hall–Kier alpha value is -3.43. The number of ether oxygens (including phenoxy) is 1. The first-order valence-electron chi connectivity index (χ1n) is 12.3. The summed E-state index contributed by atoms with van der Waals surface area (Å²) in [5.41, 5.74) is 1.36. The first-order chi connectivity index (χ1) is 17.4. The van der Waals surface area contributed by atoms with Gasteiger partial charge in [0.2, 0.25) is 10.0 Å². The fraction of sp³-hybridized carbons (Fsp3) is 0.357. The van der Waals surface area contributed by atoms with Crippen LogP contribution in [0, 0.1) is 6.92 Å². The molecule has 3 aromatic rings. The Morgan fingerprint density at radius 1 is 0.919 bits per heavy atom. The van der Waals surface area contributed by atoms with Gasteiger partial charge in [-0.25, -0.2) is 17.9 Å². The molecule has 0 spiro atoms. The van der Waals surface area contributed by atoms with Gasteiger partial charge in [0.15, 0.2) is 0 Å². The maximum absolute atomic E-state index is 13.4. The van der Waals surface area contributed by atoms with Gasteiger partial charge in [-0.2, -0.15) is 0 Å². The molecule has 1 aliphatic heterocycles. The van der Waals surface area contributed by atoms with E-state index in [-0.39, 0.29) is 22.9 Å². The summed E-state index contributed by atoms with van der Waals surface area (Å²) in [6, 6.07) is 17.2. The summed E-state index contributed by atoms with van der Waals surface area (Å²) in [5, 5.41) is 4.08. The summed E-state index contributed by atoms with van der Waals surface area (Å²) in [6.07, 6.45) is 0.588. The lowest BCUT2D eigenvalue weighted by Gasteiger charge is -2.33. The molecule has 1 fully saturated rings. The van der Waals surface area contributed by atoms with E-state index in [1.54, 1.807) is 53.4 Å². The van der Waals surface area contributed by atoms with Crippen LogP contribution in [0.25, 0.3) is 10.8 Å². The third-order valence-electron chi connectivity index (χ3n) is 6.28. The summed E-state index contributed by atoms with van der Waals surface area (Å²) < 4.78 is 35.1. The minimum absolute atomic E-state index is 0.145. The average Bonchev–Trinajstić information content (AvgIpc) is 2.83. The first kappa shape index (κ1) is 26.6. The van der Waals surface area contributed by atoms with Crippen molar-refractivity contribution in [3.63, 3.8) is 0 Å². The summed E-state index contributed by atoms with van der Waals surface area (Å²) in [6.45, 7) is 8.13. The van der Waals surface area contributed by atoms with Crippen LogP contribution in [-0.2, 0) is 14.8 Å². The molecule has 9 heteroatoms. The Morgan fingerprint density at radius 2 is 1.57 bits per heavy atom. The smallest absolute Gasteiger partial charge is 0.410 e. The number of carbonyl (C=O) groups excluding carboxylic acids is 2. The molecule has 0 radical (unpaired) electrons. The lowest BCUT2D eigenvalue weighted by molar-refractivity contribution is 0.0203. The number of likely N-dealkylation sites (tertiary alicyclic amines) is 1. The van der Waals surface area contributed by atoms with E-state index in [4.69, 9.17) is 4.74 Å². The molecular weight excluding hydrogens is 490 g/mol. The number of hydrogen-bond acceptors (Lipinski definition) is 5. The zero-order valence-corrected chi connectivity index (χ0v) is 22.4. The number of nitrogens with zero attached hydrogens (tertiary/aromatic N) is 1. The van der Waals surface area contributed by atoms with Crippen molar-refractivity contribution in [2.75, 3.05) is 18.4 Å². The highest BCUT2D eigenvalue weighted by Crippen LogP contribution is 2.30. The second-order valence-corrected chi connectivity index (χ2v) is 12.0. The van der Waals surface area contributed by atoms with Crippen molar-refractivity contribution >= 4 is 38.5 Å². The molecule has 2 amide bonds. The van der Waals surface area contributed by atoms with Gasteiger partial charge in [0.25, 0.3) is 5.91 Å².